The van der Waals surface area contributed by atoms with E-state index in [1.807, 2.05) is 0 Å². The summed E-state index contributed by atoms with van der Waals surface area (Å²) in [5.41, 5.74) is 0.868. The lowest BCUT2D eigenvalue weighted by Crippen LogP contribution is -2.05. The summed E-state index contributed by atoms with van der Waals surface area (Å²) >= 11 is 0. The van der Waals surface area contributed by atoms with Gasteiger partial charge in [-0.05, 0) is 18.2 Å². The van der Waals surface area contributed by atoms with Crippen molar-refractivity contribution in [2.24, 2.45) is 7.05 Å². The minimum Gasteiger partial charge on any atom is -0.340 e. The molecule has 0 saturated heterocycles. The minimum absolute atomic E-state index is 0.309. The first-order valence-electron chi connectivity index (χ1n) is 7.43. The number of imidazole rings is 1. The van der Waals surface area contributed by atoms with Gasteiger partial charge in [-0.2, -0.15) is 18.2 Å². The molecule has 0 N–H and O–H groups in total. The average Bonchev–Trinajstić information content (AvgIpc) is 3.10. The predicted octanol–water partition coefficient (Wildman–Crippen LogP) is 3.42. The number of hydrogen-bond donors (Lipinski definition) is 0. The van der Waals surface area contributed by atoms with E-state index in [0.29, 0.717) is 45.9 Å². The van der Waals surface area contributed by atoms with Crippen LogP contribution in [0.2, 0.25) is 0 Å². The fourth-order valence-electron chi connectivity index (χ4n) is 2.83. The molecular formula is C16H12F3N5O. The molecule has 0 atom stereocenters. The summed E-state index contributed by atoms with van der Waals surface area (Å²) in [6.45, 7) is 1.68. The smallest absolute Gasteiger partial charge is 0.340 e. The van der Waals surface area contributed by atoms with Gasteiger partial charge in [0, 0.05) is 19.4 Å². The molecule has 4 aromatic rings. The highest BCUT2D eigenvalue weighted by Crippen LogP contribution is 2.33. The number of fused-ring (bicyclic) bond motifs is 3. The van der Waals surface area contributed by atoms with E-state index in [1.54, 1.807) is 24.7 Å². The topological polar surface area (TPSA) is 69.6 Å². The molecule has 3 aromatic heterocycles. The molecule has 0 saturated carbocycles. The van der Waals surface area contributed by atoms with Gasteiger partial charge in [0.25, 0.3) is 0 Å². The number of nitrogens with zero attached hydrogens (tertiary/aromatic N) is 5. The molecule has 0 bridgehead atoms. The summed E-state index contributed by atoms with van der Waals surface area (Å²) in [6, 6.07) is 3.50. The van der Waals surface area contributed by atoms with Gasteiger partial charge in [-0.25, -0.2) is 4.98 Å². The van der Waals surface area contributed by atoms with Crippen LogP contribution in [0.4, 0.5) is 13.2 Å². The number of rotatable bonds is 2. The van der Waals surface area contributed by atoms with Crippen LogP contribution in [-0.4, -0.2) is 24.7 Å². The lowest BCUT2D eigenvalue weighted by atomic mass is 10.1. The van der Waals surface area contributed by atoms with Gasteiger partial charge in [-0.1, -0.05) is 5.16 Å². The number of pyridine rings is 1. The van der Waals surface area contributed by atoms with Crippen LogP contribution in [-0.2, 0) is 19.6 Å². The zero-order chi connectivity index (χ0) is 17.8. The van der Waals surface area contributed by atoms with Crippen LogP contribution in [0.5, 0.6) is 0 Å². The van der Waals surface area contributed by atoms with Crippen molar-refractivity contribution in [3.8, 4) is 0 Å². The van der Waals surface area contributed by atoms with Crippen molar-refractivity contribution in [1.82, 2.24) is 24.7 Å². The first-order chi connectivity index (χ1) is 11.8. The molecule has 0 aliphatic heterocycles. The molecule has 0 aliphatic carbocycles. The summed E-state index contributed by atoms with van der Waals surface area (Å²) < 4.78 is 45.8. The number of benzene rings is 1. The molecular weight excluding hydrogens is 335 g/mol. The zero-order valence-corrected chi connectivity index (χ0v) is 13.3. The maximum atomic E-state index is 13.0. The van der Waals surface area contributed by atoms with Crippen LogP contribution in [0, 0.1) is 6.92 Å². The Morgan fingerprint density at radius 2 is 1.96 bits per heavy atom. The second-order valence-corrected chi connectivity index (χ2v) is 5.72. The highest BCUT2D eigenvalue weighted by Gasteiger charge is 2.31. The fourth-order valence-corrected chi connectivity index (χ4v) is 2.83. The van der Waals surface area contributed by atoms with Crippen molar-refractivity contribution < 1.29 is 17.7 Å². The second kappa shape index (κ2) is 5.27. The van der Waals surface area contributed by atoms with Gasteiger partial charge in [0.15, 0.2) is 5.82 Å². The molecule has 4 rings (SSSR count). The Morgan fingerprint density at radius 1 is 1.16 bits per heavy atom. The lowest BCUT2D eigenvalue weighted by molar-refractivity contribution is -0.137. The van der Waals surface area contributed by atoms with E-state index < -0.39 is 11.7 Å². The SMILES string of the molecule is Cc1nc(Cc2nc3cnc4ccc(C(F)(F)F)cc4c3n2C)no1. The molecule has 0 aliphatic rings. The van der Waals surface area contributed by atoms with Crippen LogP contribution < -0.4 is 0 Å². The van der Waals surface area contributed by atoms with Crippen LogP contribution >= 0.6 is 0 Å². The van der Waals surface area contributed by atoms with E-state index in [-0.39, 0.29) is 0 Å². The van der Waals surface area contributed by atoms with Crippen LogP contribution in [0.1, 0.15) is 23.1 Å². The number of aryl methyl sites for hydroxylation is 2. The summed E-state index contributed by atoms with van der Waals surface area (Å²) in [6.07, 6.45) is -2.56. The monoisotopic (exact) mass is 347 g/mol. The van der Waals surface area contributed by atoms with Crippen LogP contribution in [0.3, 0.4) is 0 Å². The van der Waals surface area contributed by atoms with Crippen molar-refractivity contribution in [2.75, 3.05) is 0 Å². The Kier molecular flexibility index (Phi) is 3.28. The van der Waals surface area contributed by atoms with Gasteiger partial charge in [0.05, 0.1) is 29.2 Å². The highest BCUT2D eigenvalue weighted by molar-refractivity contribution is 6.02. The Bertz CT molecular complexity index is 1100. The summed E-state index contributed by atoms with van der Waals surface area (Å²) in [7, 11) is 1.75. The van der Waals surface area contributed by atoms with Crippen LogP contribution in [0.25, 0.3) is 21.9 Å². The molecule has 0 radical (unpaired) electrons. The molecule has 25 heavy (non-hydrogen) atoms. The third kappa shape index (κ3) is 2.61. The second-order valence-electron chi connectivity index (χ2n) is 5.72. The Hall–Kier alpha value is -2.97. The van der Waals surface area contributed by atoms with Gasteiger partial charge >= 0.3 is 6.18 Å². The van der Waals surface area contributed by atoms with Gasteiger partial charge < -0.3 is 9.09 Å². The quantitative estimate of drug-likeness (QED) is 0.556. The van der Waals surface area contributed by atoms with E-state index in [1.165, 1.54) is 6.07 Å². The largest absolute Gasteiger partial charge is 0.416 e. The highest BCUT2D eigenvalue weighted by atomic mass is 19.4. The fraction of sp³-hybridized carbons (Fsp3) is 0.250. The van der Waals surface area contributed by atoms with Gasteiger partial charge in [0.2, 0.25) is 5.89 Å². The van der Waals surface area contributed by atoms with Crippen molar-refractivity contribution in [1.29, 1.82) is 0 Å². The number of hydrogen-bond acceptors (Lipinski definition) is 5. The predicted molar refractivity (Wildman–Crippen MR) is 82.9 cm³/mol. The van der Waals surface area contributed by atoms with Gasteiger partial charge in [-0.15, -0.1) is 0 Å². The molecule has 128 valence electrons. The molecule has 0 amide bonds. The number of alkyl halides is 3. The molecule has 3 heterocycles. The van der Waals surface area contributed by atoms with E-state index in [0.717, 1.165) is 12.1 Å². The molecule has 9 heteroatoms. The summed E-state index contributed by atoms with van der Waals surface area (Å²) in [5.74, 6) is 1.52. The van der Waals surface area contributed by atoms with E-state index in [2.05, 4.69) is 20.1 Å². The third-order valence-corrected chi connectivity index (χ3v) is 4.01. The van der Waals surface area contributed by atoms with Gasteiger partial charge in [0.1, 0.15) is 11.3 Å². The van der Waals surface area contributed by atoms with Crippen molar-refractivity contribution in [3.63, 3.8) is 0 Å². The molecule has 1 aromatic carbocycles. The van der Waals surface area contributed by atoms with Crippen molar-refractivity contribution in [2.45, 2.75) is 19.5 Å². The molecule has 0 unspecified atom stereocenters. The Labute approximate surface area is 139 Å². The van der Waals surface area contributed by atoms with Crippen LogP contribution in [0.15, 0.2) is 28.9 Å². The maximum Gasteiger partial charge on any atom is 0.416 e. The molecule has 0 spiro atoms. The summed E-state index contributed by atoms with van der Waals surface area (Å²) in [5, 5.41) is 4.23. The van der Waals surface area contributed by atoms with E-state index in [4.69, 9.17) is 4.52 Å². The Balaban J connectivity index is 1.91. The first-order valence-corrected chi connectivity index (χ1v) is 7.43. The minimum atomic E-state index is -4.42. The number of aromatic nitrogens is 5. The number of halogens is 3. The zero-order valence-electron chi connectivity index (χ0n) is 13.3. The molecule has 0 fully saturated rings. The average molecular weight is 347 g/mol. The Morgan fingerprint density at radius 3 is 2.64 bits per heavy atom. The normalized spacial score (nSPS) is 12.4. The maximum absolute atomic E-state index is 13.0. The summed E-state index contributed by atoms with van der Waals surface area (Å²) in [4.78, 5) is 12.8. The lowest BCUT2D eigenvalue weighted by Gasteiger charge is -2.08. The van der Waals surface area contributed by atoms with E-state index in [9.17, 15) is 13.2 Å². The third-order valence-electron chi connectivity index (χ3n) is 4.01. The van der Waals surface area contributed by atoms with Gasteiger partial charge in [-0.3, -0.25) is 4.98 Å². The van der Waals surface area contributed by atoms with Crippen molar-refractivity contribution in [3.05, 3.63) is 47.5 Å². The molecule has 6 nitrogen and oxygen atoms in total. The standard InChI is InChI=1S/C16H12F3N5O/c1-8-21-13(23-25-8)6-14-22-12-7-20-11-4-3-9(16(17,18)19)5-10(11)15(12)24(14)2/h3-5,7H,6H2,1-2H3. The van der Waals surface area contributed by atoms with Crippen molar-refractivity contribution >= 4 is 21.9 Å². The van der Waals surface area contributed by atoms with E-state index >= 15 is 0 Å². The first kappa shape index (κ1) is 15.6.